The Bertz CT molecular complexity index is 1040. The van der Waals surface area contributed by atoms with Crippen LogP contribution in [0.3, 0.4) is 0 Å². The standard InChI is InChI=1S/C20H21N3O5S/c1-23(2)29(25,26)17-8-6-16(7-9-17)22-20(24)11-5-15-4-10-18(28-13-12-21)19(14-15)27-3/h4-11,14H,13H2,1-3H3,(H,22,24)/b11-5+. The lowest BCUT2D eigenvalue weighted by molar-refractivity contribution is -0.111. The number of sulfonamides is 1. The van der Waals surface area contributed by atoms with Gasteiger partial charge in [-0.05, 0) is 48.0 Å². The Balaban J connectivity index is 2.05. The van der Waals surface area contributed by atoms with E-state index >= 15 is 0 Å². The molecular formula is C20H21N3O5S. The van der Waals surface area contributed by atoms with Gasteiger partial charge in [-0.25, -0.2) is 12.7 Å². The van der Waals surface area contributed by atoms with Crippen molar-refractivity contribution in [3.05, 3.63) is 54.1 Å². The van der Waals surface area contributed by atoms with Gasteiger partial charge in [0.05, 0.1) is 12.0 Å². The molecule has 1 N–H and O–H groups in total. The van der Waals surface area contributed by atoms with Crippen LogP contribution in [0.5, 0.6) is 11.5 Å². The maximum absolute atomic E-state index is 12.1. The number of ether oxygens (including phenoxy) is 2. The number of nitriles is 1. The van der Waals surface area contributed by atoms with Crippen LogP contribution in [0.15, 0.2) is 53.4 Å². The van der Waals surface area contributed by atoms with Gasteiger partial charge in [-0.15, -0.1) is 0 Å². The summed E-state index contributed by atoms with van der Waals surface area (Å²) in [4.78, 5) is 12.3. The van der Waals surface area contributed by atoms with Gasteiger partial charge >= 0.3 is 0 Å². The Morgan fingerprint density at radius 3 is 2.45 bits per heavy atom. The fourth-order valence-corrected chi connectivity index (χ4v) is 3.20. The van der Waals surface area contributed by atoms with E-state index in [9.17, 15) is 13.2 Å². The first-order chi connectivity index (χ1) is 13.8. The lowest BCUT2D eigenvalue weighted by atomic mass is 10.2. The van der Waals surface area contributed by atoms with Crippen molar-refractivity contribution >= 4 is 27.7 Å². The summed E-state index contributed by atoms with van der Waals surface area (Å²) in [7, 11) is 0.866. The predicted octanol–water partition coefficient (Wildman–Crippen LogP) is 2.50. The lowest BCUT2D eigenvalue weighted by Gasteiger charge is -2.11. The van der Waals surface area contributed by atoms with E-state index in [4.69, 9.17) is 14.7 Å². The first-order valence-electron chi connectivity index (χ1n) is 8.47. The van der Waals surface area contributed by atoms with Crippen LogP contribution in [0.4, 0.5) is 5.69 Å². The van der Waals surface area contributed by atoms with Gasteiger partial charge in [0.2, 0.25) is 15.9 Å². The third-order valence-corrected chi connectivity index (χ3v) is 5.64. The average molecular weight is 415 g/mol. The summed E-state index contributed by atoms with van der Waals surface area (Å²) in [6, 6.07) is 12.8. The monoisotopic (exact) mass is 415 g/mol. The molecule has 0 unspecified atom stereocenters. The first kappa shape index (κ1) is 21.9. The zero-order valence-electron chi connectivity index (χ0n) is 16.2. The molecule has 0 saturated heterocycles. The number of rotatable bonds is 8. The Labute approximate surface area is 170 Å². The maximum atomic E-state index is 12.1. The molecule has 0 atom stereocenters. The van der Waals surface area contributed by atoms with Crippen LogP contribution in [0, 0.1) is 11.3 Å². The second-order valence-corrected chi connectivity index (χ2v) is 8.14. The molecule has 0 aromatic heterocycles. The second-order valence-electron chi connectivity index (χ2n) is 5.99. The average Bonchev–Trinajstić information content (AvgIpc) is 2.71. The van der Waals surface area contributed by atoms with Crippen molar-refractivity contribution in [3.63, 3.8) is 0 Å². The minimum absolute atomic E-state index is 0.0947. The number of hydrogen-bond donors (Lipinski definition) is 1. The van der Waals surface area contributed by atoms with Crippen molar-refractivity contribution in [2.75, 3.05) is 33.1 Å². The number of hydrogen-bond acceptors (Lipinski definition) is 6. The van der Waals surface area contributed by atoms with Gasteiger partial charge in [0.1, 0.15) is 6.07 Å². The predicted molar refractivity (Wildman–Crippen MR) is 109 cm³/mol. The Morgan fingerprint density at radius 2 is 1.86 bits per heavy atom. The number of nitrogens with one attached hydrogen (secondary N) is 1. The third kappa shape index (κ3) is 5.81. The van der Waals surface area contributed by atoms with Gasteiger partial charge in [0, 0.05) is 25.9 Å². The minimum atomic E-state index is -3.52. The Morgan fingerprint density at radius 1 is 1.17 bits per heavy atom. The van der Waals surface area contributed by atoms with Gasteiger partial charge < -0.3 is 14.8 Å². The number of benzene rings is 2. The molecule has 2 aromatic carbocycles. The maximum Gasteiger partial charge on any atom is 0.248 e. The van der Waals surface area contributed by atoms with Gasteiger partial charge in [-0.2, -0.15) is 5.26 Å². The van der Waals surface area contributed by atoms with Gasteiger partial charge in [0.25, 0.3) is 0 Å². The van der Waals surface area contributed by atoms with E-state index in [1.165, 1.54) is 51.5 Å². The van der Waals surface area contributed by atoms with Gasteiger partial charge in [-0.3, -0.25) is 4.79 Å². The summed E-state index contributed by atoms with van der Waals surface area (Å²) < 4.78 is 35.7. The van der Waals surface area contributed by atoms with E-state index in [1.54, 1.807) is 24.3 Å². The molecule has 0 aliphatic rings. The van der Waals surface area contributed by atoms with Crippen molar-refractivity contribution in [1.82, 2.24) is 4.31 Å². The van der Waals surface area contributed by atoms with E-state index in [0.717, 1.165) is 4.31 Å². The molecule has 0 radical (unpaired) electrons. The summed E-state index contributed by atoms with van der Waals surface area (Å²) in [5.74, 6) is 0.501. The number of methoxy groups -OCH3 is 1. The van der Waals surface area contributed by atoms with Crippen molar-refractivity contribution < 1.29 is 22.7 Å². The topological polar surface area (TPSA) is 109 Å². The van der Waals surface area contributed by atoms with Crippen molar-refractivity contribution in [2.24, 2.45) is 0 Å². The molecular weight excluding hydrogens is 394 g/mol. The third-order valence-electron chi connectivity index (χ3n) is 3.81. The molecule has 0 aliphatic heterocycles. The molecule has 8 nitrogen and oxygen atoms in total. The van der Waals surface area contributed by atoms with E-state index in [1.807, 2.05) is 6.07 Å². The van der Waals surface area contributed by atoms with Crippen LogP contribution in [0.1, 0.15) is 5.56 Å². The van der Waals surface area contributed by atoms with Crippen LogP contribution < -0.4 is 14.8 Å². The highest BCUT2D eigenvalue weighted by Gasteiger charge is 2.16. The van der Waals surface area contributed by atoms with E-state index in [-0.39, 0.29) is 17.4 Å². The summed E-state index contributed by atoms with van der Waals surface area (Å²) in [5.41, 5.74) is 1.17. The fraction of sp³-hybridized carbons (Fsp3) is 0.200. The second kappa shape index (κ2) is 9.73. The quantitative estimate of drug-likeness (QED) is 0.664. The highest BCUT2D eigenvalue weighted by atomic mass is 32.2. The zero-order chi connectivity index (χ0) is 21.4. The number of carbonyl (C=O) groups excluding carboxylic acids is 1. The largest absolute Gasteiger partial charge is 0.493 e. The summed E-state index contributed by atoms with van der Waals surface area (Å²) in [6.45, 7) is -0.0947. The number of carbonyl (C=O) groups is 1. The molecule has 1 amide bonds. The molecule has 0 spiro atoms. The van der Waals surface area contributed by atoms with Crippen LogP contribution in [-0.4, -0.2) is 46.4 Å². The molecule has 0 aliphatic carbocycles. The first-order valence-corrected chi connectivity index (χ1v) is 9.91. The fourth-order valence-electron chi connectivity index (χ4n) is 2.29. The molecule has 0 heterocycles. The zero-order valence-corrected chi connectivity index (χ0v) is 17.1. The molecule has 9 heteroatoms. The molecule has 0 fully saturated rings. The normalized spacial score (nSPS) is 11.3. The Hall–Kier alpha value is -3.35. The highest BCUT2D eigenvalue weighted by molar-refractivity contribution is 7.89. The Kier molecular flexibility index (Phi) is 7.36. The molecule has 2 aromatic rings. The van der Waals surface area contributed by atoms with Crippen molar-refractivity contribution in [1.29, 1.82) is 5.26 Å². The number of amides is 1. The van der Waals surface area contributed by atoms with Gasteiger partial charge in [0.15, 0.2) is 18.1 Å². The van der Waals surface area contributed by atoms with Crippen molar-refractivity contribution in [2.45, 2.75) is 4.90 Å². The van der Waals surface area contributed by atoms with Crippen molar-refractivity contribution in [3.8, 4) is 17.6 Å². The van der Waals surface area contributed by atoms with E-state index in [0.29, 0.717) is 22.7 Å². The summed E-state index contributed by atoms with van der Waals surface area (Å²) in [6.07, 6.45) is 2.94. The van der Waals surface area contributed by atoms with E-state index in [2.05, 4.69) is 5.32 Å². The SMILES string of the molecule is COc1cc(/C=C/C(=O)Nc2ccc(S(=O)(=O)N(C)C)cc2)ccc1OCC#N. The minimum Gasteiger partial charge on any atom is -0.493 e. The number of nitrogens with zero attached hydrogens (tertiary/aromatic N) is 2. The molecule has 0 bridgehead atoms. The molecule has 0 saturated carbocycles. The smallest absolute Gasteiger partial charge is 0.248 e. The molecule has 152 valence electrons. The lowest BCUT2D eigenvalue weighted by Crippen LogP contribution is -2.22. The highest BCUT2D eigenvalue weighted by Crippen LogP contribution is 2.28. The molecule has 29 heavy (non-hydrogen) atoms. The van der Waals surface area contributed by atoms with Crippen LogP contribution in [0.25, 0.3) is 6.08 Å². The van der Waals surface area contributed by atoms with Crippen LogP contribution in [-0.2, 0) is 14.8 Å². The number of anilines is 1. The summed E-state index contributed by atoms with van der Waals surface area (Å²) in [5, 5.41) is 11.2. The van der Waals surface area contributed by atoms with Gasteiger partial charge in [-0.1, -0.05) is 6.07 Å². The van der Waals surface area contributed by atoms with Crippen LogP contribution >= 0.6 is 0 Å². The summed E-state index contributed by atoms with van der Waals surface area (Å²) >= 11 is 0. The van der Waals surface area contributed by atoms with E-state index < -0.39 is 10.0 Å². The van der Waals surface area contributed by atoms with Crippen LogP contribution in [0.2, 0.25) is 0 Å². The molecule has 2 rings (SSSR count).